The molecule has 0 aliphatic rings. The minimum absolute atomic E-state index is 0.620. The molecule has 0 aromatic carbocycles. The van der Waals surface area contributed by atoms with Crippen LogP contribution in [0, 0.1) is 11.8 Å². The standard InChI is InChI=1S/C14H30ClN/c1-5-12(2)11-13(3)8-10-16-14(4)7-6-9-15/h12-14,16H,5-11H2,1-4H3. The van der Waals surface area contributed by atoms with E-state index in [2.05, 4.69) is 33.0 Å². The summed E-state index contributed by atoms with van der Waals surface area (Å²) in [6.45, 7) is 10.4. The van der Waals surface area contributed by atoms with Crippen molar-refractivity contribution in [2.24, 2.45) is 11.8 Å². The number of nitrogens with one attached hydrogen (secondary N) is 1. The SMILES string of the molecule is CCC(C)CC(C)CCNC(C)CCCCl. The van der Waals surface area contributed by atoms with E-state index in [9.17, 15) is 0 Å². The minimum atomic E-state index is 0.620. The maximum Gasteiger partial charge on any atom is 0.0224 e. The first-order valence-corrected chi connectivity index (χ1v) is 7.42. The Morgan fingerprint density at radius 1 is 1.06 bits per heavy atom. The first-order chi connectivity index (χ1) is 7.60. The molecule has 1 nitrogen and oxygen atoms in total. The largest absolute Gasteiger partial charge is 0.314 e. The first-order valence-electron chi connectivity index (χ1n) is 6.89. The molecule has 0 spiro atoms. The lowest BCUT2D eigenvalue weighted by Crippen LogP contribution is -2.28. The Morgan fingerprint density at radius 2 is 1.75 bits per heavy atom. The van der Waals surface area contributed by atoms with Gasteiger partial charge < -0.3 is 5.32 Å². The smallest absolute Gasteiger partial charge is 0.0224 e. The number of hydrogen-bond acceptors (Lipinski definition) is 1. The predicted octanol–water partition coefficient (Wildman–Crippen LogP) is 4.45. The molecular weight excluding hydrogens is 218 g/mol. The molecule has 0 aliphatic heterocycles. The summed E-state index contributed by atoms with van der Waals surface area (Å²) < 4.78 is 0. The number of halogens is 1. The Kier molecular flexibility index (Phi) is 10.6. The van der Waals surface area contributed by atoms with Crippen molar-refractivity contribution >= 4 is 11.6 Å². The Hall–Kier alpha value is 0.250. The maximum atomic E-state index is 5.68. The van der Waals surface area contributed by atoms with Crippen LogP contribution in [0.25, 0.3) is 0 Å². The molecule has 0 heterocycles. The second-order valence-electron chi connectivity index (χ2n) is 5.33. The molecule has 0 saturated carbocycles. The van der Waals surface area contributed by atoms with E-state index in [1.807, 2.05) is 0 Å². The summed E-state index contributed by atoms with van der Waals surface area (Å²) in [5, 5.41) is 3.58. The summed E-state index contributed by atoms with van der Waals surface area (Å²) in [6, 6.07) is 0.620. The third kappa shape index (κ3) is 9.47. The van der Waals surface area contributed by atoms with Gasteiger partial charge in [-0.3, -0.25) is 0 Å². The number of alkyl halides is 1. The highest BCUT2D eigenvalue weighted by Crippen LogP contribution is 2.17. The van der Waals surface area contributed by atoms with Crippen LogP contribution >= 0.6 is 11.6 Å². The number of hydrogen-bond donors (Lipinski definition) is 1. The van der Waals surface area contributed by atoms with Crippen LogP contribution in [0.1, 0.15) is 59.8 Å². The summed E-state index contributed by atoms with van der Waals surface area (Å²) in [6.07, 6.45) is 6.30. The maximum absolute atomic E-state index is 5.68. The van der Waals surface area contributed by atoms with E-state index in [1.165, 1.54) is 25.7 Å². The number of rotatable bonds is 10. The molecule has 2 heteroatoms. The normalized spacial score (nSPS) is 17.1. The third-order valence-electron chi connectivity index (χ3n) is 3.40. The molecule has 0 fully saturated rings. The molecule has 0 saturated heterocycles. The van der Waals surface area contributed by atoms with Gasteiger partial charge in [-0.25, -0.2) is 0 Å². The van der Waals surface area contributed by atoms with Crippen LogP contribution in [-0.4, -0.2) is 18.5 Å². The van der Waals surface area contributed by atoms with Crippen LogP contribution in [-0.2, 0) is 0 Å². The molecular formula is C14H30ClN. The van der Waals surface area contributed by atoms with Crippen LogP contribution in [0.15, 0.2) is 0 Å². The van der Waals surface area contributed by atoms with E-state index >= 15 is 0 Å². The molecule has 3 atom stereocenters. The second kappa shape index (κ2) is 10.4. The lowest BCUT2D eigenvalue weighted by molar-refractivity contribution is 0.370. The molecule has 0 rings (SSSR count). The van der Waals surface area contributed by atoms with Crippen molar-refractivity contribution in [2.75, 3.05) is 12.4 Å². The van der Waals surface area contributed by atoms with E-state index in [-0.39, 0.29) is 0 Å². The van der Waals surface area contributed by atoms with Crippen LogP contribution in [0.5, 0.6) is 0 Å². The lowest BCUT2D eigenvalue weighted by Gasteiger charge is -2.18. The fourth-order valence-corrected chi connectivity index (χ4v) is 2.19. The summed E-state index contributed by atoms with van der Waals surface area (Å²) in [5.41, 5.74) is 0. The van der Waals surface area contributed by atoms with Crippen LogP contribution < -0.4 is 5.32 Å². The summed E-state index contributed by atoms with van der Waals surface area (Å²) in [4.78, 5) is 0. The van der Waals surface area contributed by atoms with E-state index < -0.39 is 0 Å². The topological polar surface area (TPSA) is 12.0 Å². The van der Waals surface area contributed by atoms with Crippen LogP contribution in [0.3, 0.4) is 0 Å². The van der Waals surface area contributed by atoms with Gasteiger partial charge in [0.05, 0.1) is 0 Å². The average molecular weight is 248 g/mol. The monoisotopic (exact) mass is 247 g/mol. The molecule has 0 aliphatic carbocycles. The molecule has 1 N–H and O–H groups in total. The minimum Gasteiger partial charge on any atom is -0.314 e. The van der Waals surface area contributed by atoms with Gasteiger partial charge in [0.1, 0.15) is 0 Å². The van der Waals surface area contributed by atoms with Crippen LogP contribution in [0.4, 0.5) is 0 Å². The summed E-state index contributed by atoms with van der Waals surface area (Å²) >= 11 is 5.68. The van der Waals surface area contributed by atoms with E-state index in [4.69, 9.17) is 11.6 Å². The Labute approximate surface area is 107 Å². The van der Waals surface area contributed by atoms with Crippen molar-refractivity contribution in [3.63, 3.8) is 0 Å². The van der Waals surface area contributed by atoms with E-state index in [1.54, 1.807) is 0 Å². The van der Waals surface area contributed by atoms with Gasteiger partial charge in [-0.1, -0.05) is 27.2 Å². The van der Waals surface area contributed by atoms with Gasteiger partial charge in [0.15, 0.2) is 0 Å². The summed E-state index contributed by atoms with van der Waals surface area (Å²) in [5.74, 6) is 2.52. The van der Waals surface area contributed by atoms with Crippen molar-refractivity contribution in [1.29, 1.82) is 0 Å². The highest BCUT2D eigenvalue weighted by Gasteiger charge is 2.07. The average Bonchev–Trinajstić information content (AvgIpc) is 2.26. The van der Waals surface area contributed by atoms with Gasteiger partial charge >= 0.3 is 0 Å². The highest BCUT2D eigenvalue weighted by molar-refractivity contribution is 6.17. The Balaban J connectivity index is 3.42. The van der Waals surface area contributed by atoms with Crippen LogP contribution in [0.2, 0.25) is 0 Å². The van der Waals surface area contributed by atoms with Gasteiger partial charge in [0.25, 0.3) is 0 Å². The zero-order chi connectivity index (χ0) is 12.4. The predicted molar refractivity (Wildman–Crippen MR) is 75.3 cm³/mol. The quantitative estimate of drug-likeness (QED) is 0.563. The van der Waals surface area contributed by atoms with E-state index in [0.717, 1.165) is 30.7 Å². The fraction of sp³-hybridized carbons (Fsp3) is 1.00. The fourth-order valence-electron chi connectivity index (χ4n) is 2.03. The molecule has 0 amide bonds. The van der Waals surface area contributed by atoms with E-state index in [0.29, 0.717) is 6.04 Å². The lowest BCUT2D eigenvalue weighted by atomic mass is 9.93. The first kappa shape index (κ1) is 16.2. The zero-order valence-electron chi connectivity index (χ0n) is 11.6. The van der Waals surface area contributed by atoms with Gasteiger partial charge in [-0.2, -0.15) is 0 Å². The van der Waals surface area contributed by atoms with Gasteiger partial charge in [0, 0.05) is 11.9 Å². The molecule has 0 radical (unpaired) electrons. The van der Waals surface area contributed by atoms with Crippen molar-refractivity contribution in [1.82, 2.24) is 5.32 Å². The highest BCUT2D eigenvalue weighted by atomic mass is 35.5. The zero-order valence-corrected chi connectivity index (χ0v) is 12.3. The Bertz CT molecular complexity index is 150. The summed E-state index contributed by atoms with van der Waals surface area (Å²) in [7, 11) is 0. The molecule has 0 bridgehead atoms. The molecule has 0 aromatic rings. The Morgan fingerprint density at radius 3 is 2.31 bits per heavy atom. The molecule has 0 aromatic heterocycles. The van der Waals surface area contributed by atoms with Crippen molar-refractivity contribution < 1.29 is 0 Å². The van der Waals surface area contributed by atoms with Crippen molar-refractivity contribution in [2.45, 2.75) is 65.8 Å². The third-order valence-corrected chi connectivity index (χ3v) is 3.67. The molecule has 98 valence electrons. The molecule has 3 unspecified atom stereocenters. The van der Waals surface area contributed by atoms with Gasteiger partial charge in [-0.05, 0) is 51.0 Å². The van der Waals surface area contributed by atoms with Gasteiger partial charge in [0.2, 0.25) is 0 Å². The molecule has 16 heavy (non-hydrogen) atoms. The van der Waals surface area contributed by atoms with Crippen molar-refractivity contribution in [3.05, 3.63) is 0 Å². The van der Waals surface area contributed by atoms with Crippen molar-refractivity contribution in [3.8, 4) is 0 Å². The van der Waals surface area contributed by atoms with Gasteiger partial charge in [-0.15, -0.1) is 11.6 Å². The second-order valence-corrected chi connectivity index (χ2v) is 5.71.